The molecule has 0 fully saturated rings. The van der Waals surface area contributed by atoms with Gasteiger partial charge in [-0.3, -0.25) is 18.7 Å². The van der Waals surface area contributed by atoms with Crippen molar-refractivity contribution in [2.45, 2.75) is 32.7 Å². The molecule has 1 amide bonds. The molecule has 0 aliphatic rings. The second kappa shape index (κ2) is 7.22. The standard InChI is InChI=1S/C19H23N5O3/c1-5-12(2)13-8-6-7-9-14(13)21-15(25)10-24-11-20-17-16(24)18(26)23(4)19(27)22(17)3/h6-9,11-12H,5,10H2,1-4H3,(H,21,25)/t12-/m1/s1. The monoisotopic (exact) mass is 369 g/mol. The van der Waals surface area contributed by atoms with Crippen LogP contribution in [0.15, 0.2) is 40.2 Å². The summed E-state index contributed by atoms with van der Waals surface area (Å²) in [6, 6.07) is 7.69. The highest BCUT2D eigenvalue weighted by Crippen LogP contribution is 2.26. The highest BCUT2D eigenvalue weighted by atomic mass is 16.2. The van der Waals surface area contributed by atoms with Crippen LogP contribution in [0.5, 0.6) is 0 Å². The van der Waals surface area contributed by atoms with E-state index in [4.69, 9.17) is 0 Å². The summed E-state index contributed by atoms with van der Waals surface area (Å²) in [5, 5.41) is 2.92. The predicted octanol–water partition coefficient (Wildman–Crippen LogP) is 1.59. The summed E-state index contributed by atoms with van der Waals surface area (Å²) in [6.45, 7) is 4.14. The van der Waals surface area contributed by atoms with Crippen molar-refractivity contribution in [3.05, 3.63) is 57.0 Å². The van der Waals surface area contributed by atoms with Crippen molar-refractivity contribution in [2.24, 2.45) is 14.1 Å². The van der Waals surface area contributed by atoms with E-state index in [1.807, 2.05) is 24.3 Å². The first-order valence-corrected chi connectivity index (χ1v) is 8.84. The number of nitrogens with zero attached hydrogens (tertiary/aromatic N) is 4. The van der Waals surface area contributed by atoms with Gasteiger partial charge in [0.15, 0.2) is 11.2 Å². The van der Waals surface area contributed by atoms with Gasteiger partial charge in [-0.15, -0.1) is 0 Å². The van der Waals surface area contributed by atoms with Gasteiger partial charge >= 0.3 is 5.69 Å². The minimum absolute atomic E-state index is 0.0707. The Hall–Kier alpha value is -3.16. The highest BCUT2D eigenvalue weighted by Gasteiger charge is 2.17. The van der Waals surface area contributed by atoms with Crippen molar-refractivity contribution in [3.63, 3.8) is 0 Å². The Balaban J connectivity index is 1.93. The Morgan fingerprint density at radius 1 is 1.19 bits per heavy atom. The van der Waals surface area contributed by atoms with E-state index in [2.05, 4.69) is 24.1 Å². The lowest BCUT2D eigenvalue weighted by Gasteiger charge is -2.15. The molecule has 2 aromatic heterocycles. The quantitative estimate of drug-likeness (QED) is 0.739. The van der Waals surface area contributed by atoms with E-state index in [1.165, 1.54) is 22.5 Å². The van der Waals surface area contributed by atoms with Gasteiger partial charge in [0.25, 0.3) is 5.56 Å². The number of aryl methyl sites for hydroxylation is 1. The SMILES string of the molecule is CC[C@@H](C)c1ccccc1NC(=O)Cn1cnc2c1c(=O)n(C)c(=O)n2C. The van der Waals surface area contributed by atoms with Crippen molar-refractivity contribution in [2.75, 3.05) is 5.32 Å². The topological polar surface area (TPSA) is 90.9 Å². The van der Waals surface area contributed by atoms with Gasteiger partial charge in [-0.2, -0.15) is 0 Å². The summed E-state index contributed by atoms with van der Waals surface area (Å²) in [6.07, 6.45) is 2.37. The fourth-order valence-electron chi connectivity index (χ4n) is 3.12. The maximum absolute atomic E-state index is 12.6. The number of imidazole rings is 1. The molecule has 8 heteroatoms. The highest BCUT2D eigenvalue weighted by molar-refractivity contribution is 5.92. The second-order valence-electron chi connectivity index (χ2n) is 6.70. The van der Waals surface area contributed by atoms with Crippen molar-refractivity contribution in [1.82, 2.24) is 18.7 Å². The number of carbonyl (C=O) groups excluding carboxylic acids is 1. The number of aromatic nitrogens is 4. The van der Waals surface area contributed by atoms with Crippen LogP contribution in [0.4, 0.5) is 5.69 Å². The number of amides is 1. The van der Waals surface area contributed by atoms with Crippen LogP contribution in [0.2, 0.25) is 0 Å². The maximum atomic E-state index is 12.6. The first-order chi connectivity index (χ1) is 12.8. The Bertz CT molecular complexity index is 1120. The number of benzene rings is 1. The minimum Gasteiger partial charge on any atom is -0.324 e. The predicted molar refractivity (Wildman–Crippen MR) is 104 cm³/mol. The molecule has 0 aliphatic carbocycles. The van der Waals surface area contributed by atoms with Crippen LogP contribution in [0.25, 0.3) is 11.2 Å². The van der Waals surface area contributed by atoms with Crippen LogP contribution >= 0.6 is 0 Å². The fourth-order valence-corrected chi connectivity index (χ4v) is 3.12. The third kappa shape index (κ3) is 3.30. The zero-order valence-electron chi connectivity index (χ0n) is 15.9. The van der Waals surface area contributed by atoms with Gasteiger partial charge in [0.2, 0.25) is 5.91 Å². The molecule has 142 valence electrons. The molecular formula is C19H23N5O3. The maximum Gasteiger partial charge on any atom is 0.332 e. The molecule has 1 N–H and O–H groups in total. The summed E-state index contributed by atoms with van der Waals surface area (Å²) in [5.41, 5.74) is 1.40. The molecule has 0 radical (unpaired) electrons. The molecule has 1 atom stereocenters. The van der Waals surface area contributed by atoms with Crippen molar-refractivity contribution in [3.8, 4) is 0 Å². The lowest BCUT2D eigenvalue weighted by atomic mass is 9.97. The van der Waals surface area contributed by atoms with Crippen molar-refractivity contribution in [1.29, 1.82) is 0 Å². The van der Waals surface area contributed by atoms with Crippen molar-refractivity contribution >= 4 is 22.8 Å². The number of nitrogens with one attached hydrogen (secondary N) is 1. The van der Waals surface area contributed by atoms with E-state index in [1.54, 1.807) is 7.05 Å². The molecule has 3 aromatic rings. The molecule has 0 bridgehead atoms. The van der Waals surface area contributed by atoms with Gasteiger partial charge in [-0.1, -0.05) is 32.0 Å². The minimum atomic E-state index is -0.474. The Morgan fingerprint density at radius 2 is 1.89 bits per heavy atom. The van der Waals surface area contributed by atoms with E-state index in [9.17, 15) is 14.4 Å². The lowest BCUT2D eigenvalue weighted by molar-refractivity contribution is -0.116. The molecule has 0 aliphatic heterocycles. The van der Waals surface area contributed by atoms with Crippen LogP contribution in [0.3, 0.4) is 0 Å². The number of hydrogen-bond acceptors (Lipinski definition) is 4. The number of carbonyl (C=O) groups is 1. The van der Waals surface area contributed by atoms with Crippen LogP contribution in [-0.4, -0.2) is 24.6 Å². The first-order valence-electron chi connectivity index (χ1n) is 8.84. The number of anilines is 1. The summed E-state index contributed by atoms with van der Waals surface area (Å²) >= 11 is 0. The van der Waals surface area contributed by atoms with Crippen LogP contribution in [0.1, 0.15) is 31.7 Å². The van der Waals surface area contributed by atoms with Gasteiger partial charge in [-0.25, -0.2) is 9.78 Å². The summed E-state index contributed by atoms with van der Waals surface area (Å²) < 4.78 is 3.78. The molecule has 2 heterocycles. The van der Waals surface area contributed by atoms with E-state index < -0.39 is 11.2 Å². The van der Waals surface area contributed by atoms with E-state index in [0.717, 1.165) is 22.2 Å². The molecule has 0 spiro atoms. The summed E-state index contributed by atoms with van der Waals surface area (Å²) in [5.74, 6) is 0.0540. The molecule has 0 unspecified atom stereocenters. The zero-order chi connectivity index (χ0) is 19.7. The number of fused-ring (bicyclic) bond motifs is 1. The molecule has 0 saturated carbocycles. The average molecular weight is 369 g/mol. The Morgan fingerprint density at radius 3 is 2.59 bits per heavy atom. The molecule has 8 nitrogen and oxygen atoms in total. The molecule has 27 heavy (non-hydrogen) atoms. The third-order valence-electron chi connectivity index (χ3n) is 4.91. The van der Waals surface area contributed by atoms with Gasteiger partial charge in [0.05, 0.1) is 6.33 Å². The molecule has 0 saturated heterocycles. The first kappa shape index (κ1) is 18.6. The van der Waals surface area contributed by atoms with E-state index >= 15 is 0 Å². The van der Waals surface area contributed by atoms with E-state index in [-0.39, 0.29) is 23.6 Å². The molecular weight excluding hydrogens is 346 g/mol. The van der Waals surface area contributed by atoms with Crippen molar-refractivity contribution < 1.29 is 4.79 Å². The van der Waals surface area contributed by atoms with E-state index in [0.29, 0.717) is 5.92 Å². The Kier molecular flexibility index (Phi) is 4.98. The summed E-state index contributed by atoms with van der Waals surface area (Å²) in [7, 11) is 2.95. The average Bonchev–Trinajstić information content (AvgIpc) is 3.08. The summed E-state index contributed by atoms with van der Waals surface area (Å²) in [4.78, 5) is 41.2. The third-order valence-corrected chi connectivity index (χ3v) is 4.91. The van der Waals surface area contributed by atoms with Gasteiger partial charge in [-0.05, 0) is 24.0 Å². The van der Waals surface area contributed by atoms with Gasteiger partial charge in [0.1, 0.15) is 6.54 Å². The Labute approximate surface area is 156 Å². The molecule has 1 aromatic carbocycles. The zero-order valence-corrected chi connectivity index (χ0v) is 15.9. The lowest BCUT2D eigenvalue weighted by Crippen LogP contribution is -2.37. The number of hydrogen-bond donors (Lipinski definition) is 1. The number of para-hydroxylation sites is 1. The largest absolute Gasteiger partial charge is 0.332 e. The van der Waals surface area contributed by atoms with Crippen LogP contribution in [-0.2, 0) is 25.4 Å². The molecule has 3 rings (SSSR count). The van der Waals surface area contributed by atoms with Gasteiger partial charge < -0.3 is 9.88 Å². The van der Waals surface area contributed by atoms with Crippen LogP contribution in [0, 0.1) is 0 Å². The number of rotatable bonds is 5. The van der Waals surface area contributed by atoms with Gasteiger partial charge in [0, 0.05) is 19.8 Å². The smallest absolute Gasteiger partial charge is 0.324 e. The second-order valence-corrected chi connectivity index (χ2v) is 6.70. The normalized spacial score (nSPS) is 12.3. The van der Waals surface area contributed by atoms with Crippen LogP contribution < -0.4 is 16.6 Å². The fraction of sp³-hybridized carbons (Fsp3) is 0.368.